The van der Waals surface area contributed by atoms with Gasteiger partial charge in [0.2, 0.25) is 0 Å². The number of ketones is 1. The van der Waals surface area contributed by atoms with E-state index < -0.39 is 0 Å². The van der Waals surface area contributed by atoms with Crippen molar-refractivity contribution in [1.29, 1.82) is 0 Å². The molecule has 0 fully saturated rings. The zero-order valence-corrected chi connectivity index (χ0v) is 10.7. The van der Waals surface area contributed by atoms with Gasteiger partial charge < -0.3 is 4.98 Å². The van der Waals surface area contributed by atoms with Crippen molar-refractivity contribution in [2.45, 2.75) is 27.2 Å². The molecule has 0 saturated carbocycles. The molecule has 1 aromatic heterocycles. The summed E-state index contributed by atoms with van der Waals surface area (Å²) in [6, 6.07) is 13.5. The summed E-state index contributed by atoms with van der Waals surface area (Å²) in [4.78, 5) is 14.8. The van der Waals surface area contributed by atoms with Gasteiger partial charge >= 0.3 is 0 Å². The molecule has 17 heavy (non-hydrogen) atoms. The van der Waals surface area contributed by atoms with Crippen molar-refractivity contribution >= 4 is 5.78 Å². The van der Waals surface area contributed by atoms with Crippen molar-refractivity contribution in [2.75, 3.05) is 0 Å². The normalized spacial score (nSPS) is 9.35. The lowest BCUT2D eigenvalue weighted by atomic mass is 10.1. The van der Waals surface area contributed by atoms with E-state index in [-0.39, 0.29) is 7.21 Å². The number of Topliss-reactive ketones (excluding diaryl/α,β-unsaturated/α-hetero) is 1. The molecule has 2 nitrogen and oxygen atoms in total. The molecule has 2 aromatic rings. The second kappa shape index (κ2) is 6.69. The Hall–Kier alpha value is -1.83. The predicted molar refractivity (Wildman–Crippen MR) is 73.5 cm³/mol. The molecule has 0 saturated heterocycles. The molecule has 0 amide bonds. The van der Waals surface area contributed by atoms with Crippen LogP contribution in [0.1, 0.15) is 37.0 Å². The van der Waals surface area contributed by atoms with E-state index in [0.717, 1.165) is 11.3 Å². The fourth-order valence-electron chi connectivity index (χ4n) is 1.54. The van der Waals surface area contributed by atoms with Crippen molar-refractivity contribution in [3.8, 4) is 0 Å². The number of hydrogen-bond acceptors (Lipinski definition) is 1. The number of hydrogen-bond donors (Lipinski definition) is 1. The Bertz CT molecular complexity index is 462. The molecule has 0 unspecified atom stereocenters. The molecule has 2 heteroatoms. The van der Waals surface area contributed by atoms with Gasteiger partial charge in [-0.05, 0) is 24.6 Å². The number of nitrogens with one attached hydrogen (secondary N) is 1. The van der Waals surface area contributed by atoms with Crippen molar-refractivity contribution in [1.82, 2.24) is 4.98 Å². The fraction of sp³-hybridized carbons (Fsp3) is 0.267. The van der Waals surface area contributed by atoms with Crippen LogP contribution in [0.2, 0.25) is 0 Å². The number of rotatable bonds is 3. The molecule has 0 aliphatic carbocycles. The first kappa shape index (κ1) is 13.2. The zero-order valence-electron chi connectivity index (χ0n) is 10.7. The fourth-order valence-corrected chi connectivity index (χ4v) is 1.54. The molecule has 1 heterocycles. The average molecular weight is 231 g/mol. The summed E-state index contributed by atoms with van der Waals surface area (Å²) in [6.07, 6.45) is 0.459. The number of aromatic nitrogens is 1. The minimum absolute atomic E-state index is 0. The number of aromatic amines is 1. The van der Waals surface area contributed by atoms with Crippen LogP contribution in [0.4, 0.5) is 0 Å². The Morgan fingerprint density at radius 1 is 1.12 bits per heavy atom. The summed E-state index contributed by atoms with van der Waals surface area (Å²) in [5.41, 5.74) is 2.76. The minimum Gasteiger partial charge on any atom is -0.356 e. The topological polar surface area (TPSA) is 32.9 Å². The number of benzene rings is 1. The van der Waals surface area contributed by atoms with E-state index >= 15 is 0 Å². The SMILES string of the molecule is CC.Cc1ccc(C(=O)Cc2ccccc2)[nH]1.[HH]. The Morgan fingerprint density at radius 2 is 1.76 bits per heavy atom. The average Bonchev–Trinajstić information content (AvgIpc) is 2.80. The monoisotopic (exact) mass is 231 g/mol. The number of carbonyl (C=O) groups is 1. The van der Waals surface area contributed by atoms with E-state index in [1.54, 1.807) is 0 Å². The second-order valence-corrected chi connectivity index (χ2v) is 3.64. The number of carbonyl (C=O) groups excluding carboxylic acids is 1. The van der Waals surface area contributed by atoms with Gasteiger partial charge in [-0.1, -0.05) is 44.2 Å². The number of aryl methyl sites for hydroxylation is 1. The standard InChI is InChI=1S/C13H13NO.C2H6.H2/c1-10-7-8-12(14-10)13(15)9-11-5-3-2-4-6-11;1-2;/h2-8,14H,9H2,1H3;1-2H3;1H. The highest BCUT2D eigenvalue weighted by Crippen LogP contribution is 2.07. The predicted octanol–water partition coefficient (Wildman–Crippen LogP) is 4.02. The first-order valence-corrected chi connectivity index (χ1v) is 5.98. The highest BCUT2D eigenvalue weighted by molar-refractivity contribution is 5.95. The Balaban J connectivity index is 0.000000917. The maximum atomic E-state index is 11.8. The smallest absolute Gasteiger partial charge is 0.183 e. The molecular weight excluding hydrogens is 210 g/mol. The van der Waals surface area contributed by atoms with E-state index in [4.69, 9.17) is 0 Å². The van der Waals surface area contributed by atoms with Gasteiger partial charge in [-0.25, -0.2) is 0 Å². The molecule has 2 rings (SSSR count). The summed E-state index contributed by atoms with van der Waals surface area (Å²) in [5, 5.41) is 0. The van der Waals surface area contributed by atoms with Gasteiger partial charge in [-0.15, -0.1) is 0 Å². The van der Waals surface area contributed by atoms with Gasteiger partial charge in [0, 0.05) is 13.5 Å². The lowest BCUT2D eigenvalue weighted by Crippen LogP contribution is -2.03. The summed E-state index contributed by atoms with van der Waals surface area (Å²) < 4.78 is 0. The third-order valence-electron chi connectivity index (χ3n) is 2.34. The molecule has 1 aromatic carbocycles. The van der Waals surface area contributed by atoms with Crippen LogP contribution in [0.25, 0.3) is 0 Å². The van der Waals surface area contributed by atoms with Crippen LogP contribution in [-0.2, 0) is 6.42 Å². The molecular formula is C15H21NO. The highest BCUT2D eigenvalue weighted by atomic mass is 16.1. The highest BCUT2D eigenvalue weighted by Gasteiger charge is 2.07. The van der Waals surface area contributed by atoms with Gasteiger partial charge in [0.25, 0.3) is 0 Å². The van der Waals surface area contributed by atoms with Crippen molar-refractivity contribution in [2.24, 2.45) is 0 Å². The maximum Gasteiger partial charge on any atom is 0.183 e. The van der Waals surface area contributed by atoms with Gasteiger partial charge in [0.15, 0.2) is 5.78 Å². The third kappa shape index (κ3) is 3.91. The van der Waals surface area contributed by atoms with E-state index in [0.29, 0.717) is 12.1 Å². The molecule has 0 atom stereocenters. The molecule has 0 spiro atoms. The Morgan fingerprint density at radius 3 is 2.29 bits per heavy atom. The van der Waals surface area contributed by atoms with Crippen LogP contribution in [0.5, 0.6) is 0 Å². The van der Waals surface area contributed by atoms with Crippen molar-refractivity contribution < 1.29 is 6.22 Å². The molecule has 0 bridgehead atoms. The molecule has 0 radical (unpaired) electrons. The second-order valence-electron chi connectivity index (χ2n) is 3.64. The Kier molecular flexibility index (Phi) is 5.21. The van der Waals surface area contributed by atoms with E-state index in [1.807, 2.05) is 63.2 Å². The van der Waals surface area contributed by atoms with Crippen LogP contribution in [0.15, 0.2) is 42.5 Å². The van der Waals surface area contributed by atoms with E-state index in [2.05, 4.69) is 4.98 Å². The van der Waals surface area contributed by atoms with E-state index in [1.165, 1.54) is 0 Å². The van der Waals surface area contributed by atoms with Gasteiger partial charge in [0.05, 0.1) is 5.69 Å². The molecule has 1 N–H and O–H groups in total. The third-order valence-corrected chi connectivity index (χ3v) is 2.34. The van der Waals surface area contributed by atoms with Crippen LogP contribution in [-0.4, -0.2) is 10.8 Å². The lowest BCUT2D eigenvalue weighted by molar-refractivity contribution is 0.0988. The first-order chi connectivity index (χ1) is 8.25. The van der Waals surface area contributed by atoms with Crippen LogP contribution >= 0.6 is 0 Å². The minimum atomic E-state index is 0. The summed E-state index contributed by atoms with van der Waals surface area (Å²) >= 11 is 0. The number of H-pyrrole nitrogens is 1. The van der Waals surface area contributed by atoms with Crippen molar-refractivity contribution in [3.63, 3.8) is 0 Å². The molecule has 92 valence electrons. The zero-order chi connectivity index (χ0) is 12.7. The summed E-state index contributed by atoms with van der Waals surface area (Å²) in [6.45, 7) is 5.94. The van der Waals surface area contributed by atoms with E-state index in [9.17, 15) is 4.79 Å². The lowest BCUT2D eigenvalue weighted by Gasteiger charge is -1.98. The summed E-state index contributed by atoms with van der Waals surface area (Å²) in [5.74, 6) is 0.134. The van der Waals surface area contributed by atoms with Crippen LogP contribution in [0.3, 0.4) is 0 Å². The van der Waals surface area contributed by atoms with Crippen molar-refractivity contribution in [3.05, 3.63) is 59.4 Å². The largest absolute Gasteiger partial charge is 0.356 e. The van der Waals surface area contributed by atoms with Gasteiger partial charge in [0.1, 0.15) is 0 Å². The van der Waals surface area contributed by atoms with Crippen LogP contribution < -0.4 is 0 Å². The summed E-state index contributed by atoms with van der Waals surface area (Å²) in [7, 11) is 0. The van der Waals surface area contributed by atoms with Gasteiger partial charge in [-0.3, -0.25) is 4.79 Å². The molecule has 0 aliphatic heterocycles. The quantitative estimate of drug-likeness (QED) is 0.795. The molecule has 0 aliphatic rings. The maximum absolute atomic E-state index is 11.8. The first-order valence-electron chi connectivity index (χ1n) is 5.98. The van der Waals surface area contributed by atoms with Crippen LogP contribution in [0, 0.1) is 6.92 Å². The van der Waals surface area contributed by atoms with Gasteiger partial charge in [-0.2, -0.15) is 0 Å². The Labute approximate surface area is 104 Å².